The second kappa shape index (κ2) is 8.53. The van der Waals surface area contributed by atoms with E-state index in [4.69, 9.17) is 15.2 Å². The SMILES string of the molecule is CCOC(=O)CCC(N)Cc1cccc(OCC)c1. The van der Waals surface area contributed by atoms with E-state index >= 15 is 0 Å². The molecule has 0 spiro atoms. The molecule has 0 aliphatic carbocycles. The summed E-state index contributed by atoms with van der Waals surface area (Å²) >= 11 is 0. The average molecular weight is 265 g/mol. The van der Waals surface area contributed by atoms with Gasteiger partial charge in [0, 0.05) is 12.5 Å². The lowest BCUT2D eigenvalue weighted by atomic mass is 10.0. The maximum Gasteiger partial charge on any atom is 0.305 e. The zero-order valence-corrected chi connectivity index (χ0v) is 11.7. The first-order valence-electron chi connectivity index (χ1n) is 6.78. The molecule has 1 rings (SSSR count). The highest BCUT2D eigenvalue weighted by Gasteiger charge is 2.09. The van der Waals surface area contributed by atoms with Gasteiger partial charge in [-0.2, -0.15) is 0 Å². The van der Waals surface area contributed by atoms with Gasteiger partial charge >= 0.3 is 5.97 Å². The first-order valence-corrected chi connectivity index (χ1v) is 6.78. The molecular formula is C15H23NO3. The van der Waals surface area contributed by atoms with Gasteiger partial charge < -0.3 is 15.2 Å². The second-order valence-corrected chi connectivity index (χ2v) is 4.39. The first-order chi connectivity index (χ1) is 9.15. The highest BCUT2D eigenvalue weighted by molar-refractivity contribution is 5.69. The van der Waals surface area contributed by atoms with Crippen LogP contribution in [-0.2, 0) is 16.0 Å². The number of carbonyl (C=O) groups excluding carboxylic acids is 1. The van der Waals surface area contributed by atoms with E-state index in [9.17, 15) is 4.79 Å². The Morgan fingerprint density at radius 3 is 2.79 bits per heavy atom. The van der Waals surface area contributed by atoms with Crippen LogP contribution < -0.4 is 10.5 Å². The van der Waals surface area contributed by atoms with Crippen molar-refractivity contribution in [3.8, 4) is 5.75 Å². The predicted octanol–water partition coefficient (Wildman–Crippen LogP) is 2.30. The van der Waals surface area contributed by atoms with Gasteiger partial charge in [-0.3, -0.25) is 4.79 Å². The summed E-state index contributed by atoms with van der Waals surface area (Å²) in [5, 5.41) is 0. The highest BCUT2D eigenvalue weighted by Crippen LogP contribution is 2.15. The molecule has 1 unspecified atom stereocenters. The molecule has 0 radical (unpaired) electrons. The lowest BCUT2D eigenvalue weighted by Gasteiger charge is -2.12. The smallest absolute Gasteiger partial charge is 0.305 e. The molecule has 0 amide bonds. The molecule has 1 atom stereocenters. The van der Waals surface area contributed by atoms with Gasteiger partial charge in [0.2, 0.25) is 0 Å². The number of hydrogen-bond donors (Lipinski definition) is 1. The molecule has 106 valence electrons. The summed E-state index contributed by atoms with van der Waals surface area (Å²) in [5.74, 6) is 0.679. The molecule has 0 saturated heterocycles. The largest absolute Gasteiger partial charge is 0.494 e. The third-order valence-corrected chi connectivity index (χ3v) is 2.73. The number of rotatable bonds is 8. The molecule has 0 fully saturated rings. The third-order valence-electron chi connectivity index (χ3n) is 2.73. The van der Waals surface area contributed by atoms with E-state index in [1.165, 1.54) is 0 Å². The van der Waals surface area contributed by atoms with Gasteiger partial charge in [0.05, 0.1) is 13.2 Å². The maximum absolute atomic E-state index is 11.2. The number of esters is 1. The van der Waals surface area contributed by atoms with Gasteiger partial charge in [-0.05, 0) is 44.4 Å². The minimum absolute atomic E-state index is 0.0405. The van der Waals surface area contributed by atoms with Crippen molar-refractivity contribution < 1.29 is 14.3 Å². The highest BCUT2D eigenvalue weighted by atomic mass is 16.5. The van der Waals surface area contributed by atoms with Gasteiger partial charge in [-0.1, -0.05) is 12.1 Å². The Kier molecular flexibility index (Phi) is 6.97. The summed E-state index contributed by atoms with van der Waals surface area (Å²) in [4.78, 5) is 11.2. The van der Waals surface area contributed by atoms with Crippen molar-refractivity contribution in [1.29, 1.82) is 0 Å². The second-order valence-electron chi connectivity index (χ2n) is 4.39. The third kappa shape index (κ3) is 6.25. The van der Waals surface area contributed by atoms with Gasteiger partial charge in [0.15, 0.2) is 0 Å². The molecule has 0 bridgehead atoms. The van der Waals surface area contributed by atoms with Crippen molar-refractivity contribution in [1.82, 2.24) is 0 Å². The molecule has 0 aliphatic rings. The number of carbonyl (C=O) groups is 1. The van der Waals surface area contributed by atoms with Gasteiger partial charge in [-0.25, -0.2) is 0 Å². The van der Waals surface area contributed by atoms with Crippen LogP contribution in [0, 0.1) is 0 Å². The van der Waals surface area contributed by atoms with E-state index in [1.807, 2.05) is 31.2 Å². The molecule has 0 aliphatic heterocycles. The predicted molar refractivity (Wildman–Crippen MR) is 75.2 cm³/mol. The number of hydrogen-bond acceptors (Lipinski definition) is 4. The normalized spacial score (nSPS) is 11.9. The van der Waals surface area contributed by atoms with Crippen LogP contribution in [0.2, 0.25) is 0 Å². The number of benzene rings is 1. The van der Waals surface area contributed by atoms with Crippen molar-refractivity contribution in [2.24, 2.45) is 5.73 Å². The fraction of sp³-hybridized carbons (Fsp3) is 0.533. The van der Waals surface area contributed by atoms with E-state index in [0.717, 1.165) is 17.7 Å². The van der Waals surface area contributed by atoms with Gasteiger partial charge in [0.1, 0.15) is 5.75 Å². The summed E-state index contributed by atoms with van der Waals surface area (Å²) in [6.45, 7) is 4.83. The zero-order valence-electron chi connectivity index (χ0n) is 11.7. The Labute approximate surface area is 114 Å². The topological polar surface area (TPSA) is 61.5 Å². The van der Waals surface area contributed by atoms with Gasteiger partial charge in [0.25, 0.3) is 0 Å². The molecule has 4 nitrogen and oxygen atoms in total. The Bertz CT molecular complexity index is 393. The Balaban J connectivity index is 2.41. The summed E-state index contributed by atoms with van der Waals surface area (Å²) in [6, 6.07) is 7.86. The van der Waals surface area contributed by atoms with Crippen LogP contribution in [-0.4, -0.2) is 25.2 Å². The summed E-state index contributed by atoms with van der Waals surface area (Å²) in [6.07, 6.45) is 1.75. The zero-order chi connectivity index (χ0) is 14.1. The quantitative estimate of drug-likeness (QED) is 0.733. The fourth-order valence-electron chi connectivity index (χ4n) is 1.87. The van der Waals surface area contributed by atoms with E-state index in [1.54, 1.807) is 6.92 Å². The number of nitrogens with two attached hydrogens (primary N) is 1. The van der Waals surface area contributed by atoms with Crippen LogP contribution in [0.3, 0.4) is 0 Å². The fourth-order valence-corrected chi connectivity index (χ4v) is 1.87. The van der Waals surface area contributed by atoms with Gasteiger partial charge in [-0.15, -0.1) is 0 Å². The van der Waals surface area contributed by atoms with Crippen LogP contribution in [0.4, 0.5) is 0 Å². The molecule has 1 aromatic carbocycles. The molecule has 0 saturated carbocycles. The Morgan fingerprint density at radius 1 is 1.32 bits per heavy atom. The van der Waals surface area contributed by atoms with E-state index in [0.29, 0.717) is 26.1 Å². The molecule has 1 aromatic rings. The van der Waals surface area contributed by atoms with E-state index in [-0.39, 0.29) is 12.0 Å². The van der Waals surface area contributed by atoms with Crippen molar-refractivity contribution >= 4 is 5.97 Å². The van der Waals surface area contributed by atoms with Crippen molar-refractivity contribution in [3.63, 3.8) is 0 Å². The number of ether oxygens (including phenoxy) is 2. The average Bonchev–Trinajstić information content (AvgIpc) is 2.38. The van der Waals surface area contributed by atoms with Crippen molar-refractivity contribution in [2.45, 2.75) is 39.2 Å². The van der Waals surface area contributed by atoms with Crippen LogP contribution in [0.15, 0.2) is 24.3 Å². The van der Waals surface area contributed by atoms with Crippen LogP contribution >= 0.6 is 0 Å². The molecule has 4 heteroatoms. The molecule has 2 N–H and O–H groups in total. The lowest BCUT2D eigenvalue weighted by Crippen LogP contribution is -2.24. The van der Waals surface area contributed by atoms with E-state index in [2.05, 4.69) is 0 Å². The minimum atomic E-state index is -0.180. The summed E-state index contributed by atoms with van der Waals surface area (Å²) in [5.41, 5.74) is 7.15. The molecule has 0 aromatic heterocycles. The molecule has 19 heavy (non-hydrogen) atoms. The molecule has 0 heterocycles. The Hall–Kier alpha value is -1.55. The lowest BCUT2D eigenvalue weighted by molar-refractivity contribution is -0.143. The van der Waals surface area contributed by atoms with Crippen LogP contribution in [0.25, 0.3) is 0 Å². The van der Waals surface area contributed by atoms with Crippen molar-refractivity contribution in [3.05, 3.63) is 29.8 Å². The molecular weight excluding hydrogens is 242 g/mol. The van der Waals surface area contributed by atoms with Crippen LogP contribution in [0.1, 0.15) is 32.3 Å². The van der Waals surface area contributed by atoms with E-state index < -0.39 is 0 Å². The monoisotopic (exact) mass is 265 g/mol. The standard InChI is InChI=1S/C15H23NO3/c1-3-18-14-7-5-6-12(11-14)10-13(16)8-9-15(17)19-4-2/h5-7,11,13H,3-4,8-10,16H2,1-2H3. The van der Waals surface area contributed by atoms with Crippen molar-refractivity contribution in [2.75, 3.05) is 13.2 Å². The first kappa shape index (κ1) is 15.5. The maximum atomic E-state index is 11.2. The summed E-state index contributed by atoms with van der Waals surface area (Å²) < 4.78 is 10.3. The summed E-state index contributed by atoms with van der Waals surface area (Å²) in [7, 11) is 0. The minimum Gasteiger partial charge on any atom is -0.494 e. The van der Waals surface area contributed by atoms with Crippen LogP contribution in [0.5, 0.6) is 5.75 Å². The Morgan fingerprint density at radius 2 is 2.11 bits per heavy atom.